The third kappa shape index (κ3) is 2.11. The van der Waals surface area contributed by atoms with Gasteiger partial charge in [-0.05, 0) is 39.0 Å². The molecule has 0 aromatic carbocycles. The van der Waals surface area contributed by atoms with E-state index in [1.54, 1.807) is 11.3 Å². The predicted octanol–water partition coefficient (Wildman–Crippen LogP) is 4.59. The fraction of sp³-hybridized carbons (Fsp3) is 0.333. The number of rotatable bonds is 2. The van der Waals surface area contributed by atoms with Gasteiger partial charge in [0.05, 0.1) is 5.38 Å². The van der Waals surface area contributed by atoms with E-state index >= 15 is 0 Å². The molecular formula is C12H13ClOS. The number of alkyl halides is 1. The van der Waals surface area contributed by atoms with Gasteiger partial charge in [-0.25, -0.2) is 0 Å². The zero-order chi connectivity index (χ0) is 11.0. The van der Waals surface area contributed by atoms with Gasteiger partial charge in [0.1, 0.15) is 11.5 Å². The normalized spacial score (nSPS) is 13.1. The summed E-state index contributed by atoms with van der Waals surface area (Å²) in [6, 6.07) is 6.19. The predicted molar refractivity (Wildman–Crippen MR) is 64.9 cm³/mol. The van der Waals surface area contributed by atoms with Gasteiger partial charge in [-0.1, -0.05) is 0 Å². The van der Waals surface area contributed by atoms with Crippen LogP contribution in [0, 0.1) is 20.8 Å². The number of aryl methyl sites for hydroxylation is 3. The van der Waals surface area contributed by atoms with Crippen LogP contribution in [0.4, 0.5) is 0 Å². The van der Waals surface area contributed by atoms with E-state index in [0.29, 0.717) is 0 Å². The fourth-order valence-electron chi connectivity index (χ4n) is 1.65. The Morgan fingerprint density at radius 2 is 2.00 bits per heavy atom. The second-order valence-corrected chi connectivity index (χ2v) is 5.44. The molecule has 0 aliphatic carbocycles. The molecule has 2 aromatic rings. The maximum Gasteiger partial charge on any atom is 0.106 e. The van der Waals surface area contributed by atoms with Crippen molar-refractivity contribution in [2.45, 2.75) is 26.1 Å². The van der Waals surface area contributed by atoms with Gasteiger partial charge in [0, 0.05) is 15.3 Å². The SMILES string of the molecule is Cc1cc(C(Cl)c2ccc(C)s2)c(C)o1. The zero-order valence-electron chi connectivity index (χ0n) is 9.00. The van der Waals surface area contributed by atoms with E-state index in [4.69, 9.17) is 16.0 Å². The first-order valence-electron chi connectivity index (χ1n) is 4.85. The summed E-state index contributed by atoms with van der Waals surface area (Å²) in [5.74, 6) is 1.83. The van der Waals surface area contributed by atoms with Crippen molar-refractivity contribution in [3.63, 3.8) is 0 Å². The molecule has 0 saturated heterocycles. The smallest absolute Gasteiger partial charge is 0.106 e. The standard InChI is InChI=1S/C12H13ClOS/c1-7-6-10(9(3)14-7)12(13)11-5-4-8(2)15-11/h4-6,12H,1-3H3. The van der Waals surface area contributed by atoms with Crippen LogP contribution in [-0.2, 0) is 0 Å². The van der Waals surface area contributed by atoms with Crippen LogP contribution >= 0.6 is 22.9 Å². The number of hydrogen-bond acceptors (Lipinski definition) is 2. The fourth-order valence-corrected chi connectivity index (χ4v) is 2.94. The minimum atomic E-state index is -0.0823. The number of thiophene rings is 1. The molecule has 0 radical (unpaired) electrons. The highest BCUT2D eigenvalue weighted by atomic mass is 35.5. The highest BCUT2D eigenvalue weighted by Crippen LogP contribution is 2.36. The van der Waals surface area contributed by atoms with Crippen LogP contribution < -0.4 is 0 Å². The summed E-state index contributed by atoms with van der Waals surface area (Å²) in [7, 11) is 0. The van der Waals surface area contributed by atoms with E-state index in [9.17, 15) is 0 Å². The molecule has 0 aliphatic heterocycles. The monoisotopic (exact) mass is 240 g/mol. The van der Waals surface area contributed by atoms with E-state index in [0.717, 1.165) is 17.1 Å². The molecule has 0 amide bonds. The first-order chi connectivity index (χ1) is 7.08. The Hall–Kier alpha value is -0.730. The summed E-state index contributed by atoms with van der Waals surface area (Å²) < 4.78 is 5.48. The number of hydrogen-bond donors (Lipinski definition) is 0. The molecule has 3 heteroatoms. The minimum Gasteiger partial charge on any atom is -0.466 e. The molecule has 0 spiro atoms. The first-order valence-corrected chi connectivity index (χ1v) is 6.10. The Balaban J connectivity index is 2.35. The molecule has 0 N–H and O–H groups in total. The topological polar surface area (TPSA) is 13.1 Å². The molecule has 2 aromatic heterocycles. The van der Waals surface area contributed by atoms with Gasteiger partial charge in [-0.2, -0.15) is 0 Å². The van der Waals surface area contributed by atoms with Crippen LogP contribution in [0.15, 0.2) is 22.6 Å². The summed E-state index contributed by atoms with van der Waals surface area (Å²) in [5, 5.41) is -0.0823. The molecule has 0 fully saturated rings. The van der Waals surface area contributed by atoms with Crippen molar-refractivity contribution in [2.24, 2.45) is 0 Å². The van der Waals surface area contributed by atoms with Crippen LogP contribution in [0.3, 0.4) is 0 Å². The van der Waals surface area contributed by atoms with Gasteiger partial charge in [0.25, 0.3) is 0 Å². The lowest BCUT2D eigenvalue weighted by Crippen LogP contribution is -1.89. The van der Waals surface area contributed by atoms with E-state index < -0.39 is 0 Å². The van der Waals surface area contributed by atoms with Gasteiger partial charge in [0.15, 0.2) is 0 Å². The van der Waals surface area contributed by atoms with Crippen molar-refractivity contribution in [3.05, 3.63) is 45.0 Å². The van der Waals surface area contributed by atoms with Crippen molar-refractivity contribution in [1.82, 2.24) is 0 Å². The van der Waals surface area contributed by atoms with Gasteiger partial charge < -0.3 is 4.42 Å². The summed E-state index contributed by atoms with van der Waals surface area (Å²) in [6.45, 7) is 5.99. The third-order valence-electron chi connectivity index (χ3n) is 2.36. The molecule has 2 heterocycles. The van der Waals surface area contributed by atoms with Crippen LogP contribution in [0.2, 0.25) is 0 Å². The average molecular weight is 241 g/mol. The van der Waals surface area contributed by atoms with Gasteiger partial charge in [-0.15, -0.1) is 22.9 Å². The molecule has 15 heavy (non-hydrogen) atoms. The number of furan rings is 1. The summed E-state index contributed by atoms with van der Waals surface area (Å²) >= 11 is 8.15. The first kappa shape index (κ1) is 10.8. The molecule has 1 atom stereocenters. The van der Waals surface area contributed by atoms with Gasteiger partial charge in [-0.3, -0.25) is 0 Å². The Kier molecular flexibility index (Phi) is 2.89. The van der Waals surface area contributed by atoms with Crippen LogP contribution in [0.1, 0.15) is 32.2 Å². The molecule has 0 bridgehead atoms. The second kappa shape index (κ2) is 4.03. The van der Waals surface area contributed by atoms with Gasteiger partial charge >= 0.3 is 0 Å². The average Bonchev–Trinajstić information content (AvgIpc) is 2.71. The third-order valence-corrected chi connectivity index (χ3v) is 4.03. The summed E-state index contributed by atoms with van der Waals surface area (Å²) in [4.78, 5) is 2.46. The van der Waals surface area contributed by atoms with Crippen molar-refractivity contribution in [2.75, 3.05) is 0 Å². The van der Waals surface area contributed by atoms with E-state index in [-0.39, 0.29) is 5.38 Å². The molecule has 0 aliphatic rings. The van der Waals surface area contributed by atoms with Gasteiger partial charge in [0.2, 0.25) is 0 Å². The lowest BCUT2D eigenvalue weighted by atomic mass is 10.1. The summed E-state index contributed by atoms with van der Waals surface area (Å²) in [5.41, 5.74) is 1.08. The van der Waals surface area contributed by atoms with Crippen molar-refractivity contribution in [3.8, 4) is 0 Å². The molecule has 0 saturated carbocycles. The summed E-state index contributed by atoms with van der Waals surface area (Å²) in [6.07, 6.45) is 0. The highest BCUT2D eigenvalue weighted by Gasteiger charge is 2.17. The zero-order valence-corrected chi connectivity index (χ0v) is 10.6. The van der Waals surface area contributed by atoms with Crippen molar-refractivity contribution >= 4 is 22.9 Å². The Labute approximate surface area is 98.7 Å². The quantitative estimate of drug-likeness (QED) is 0.700. The van der Waals surface area contributed by atoms with Crippen molar-refractivity contribution in [1.29, 1.82) is 0 Å². The Morgan fingerprint density at radius 1 is 1.27 bits per heavy atom. The Bertz CT molecular complexity index is 470. The molecule has 1 nitrogen and oxygen atoms in total. The number of halogens is 1. The molecule has 80 valence electrons. The van der Waals surface area contributed by atoms with E-state index in [1.165, 1.54) is 9.75 Å². The van der Waals surface area contributed by atoms with Crippen LogP contribution in [-0.4, -0.2) is 0 Å². The molecule has 1 unspecified atom stereocenters. The highest BCUT2D eigenvalue weighted by molar-refractivity contribution is 7.12. The molecular weight excluding hydrogens is 228 g/mol. The maximum absolute atomic E-state index is 6.41. The molecule has 2 rings (SSSR count). The minimum absolute atomic E-state index is 0.0823. The lowest BCUT2D eigenvalue weighted by Gasteiger charge is -2.04. The van der Waals surface area contributed by atoms with Crippen molar-refractivity contribution < 1.29 is 4.42 Å². The maximum atomic E-state index is 6.41. The van der Waals surface area contributed by atoms with Crippen LogP contribution in [0.25, 0.3) is 0 Å². The largest absolute Gasteiger partial charge is 0.466 e. The van der Waals surface area contributed by atoms with E-state index in [1.807, 2.05) is 19.9 Å². The van der Waals surface area contributed by atoms with E-state index in [2.05, 4.69) is 19.1 Å². The van der Waals surface area contributed by atoms with Crippen LogP contribution in [0.5, 0.6) is 0 Å². The second-order valence-electron chi connectivity index (χ2n) is 3.68. The lowest BCUT2D eigenvalue weighted by molar-refractivity contribution is 0.501. The Morgan fingerprint density at radius 3 is 2.47 bits per heavy atom.